The first-order chi connectivity index (χ1) is 8.47. The maximum Gasteiger partial charge on any atom is 0.306 e. The lowest BCUT2D eigenvalue weighted by Crippen LogP contribution is -2.63. The number of carbonyl (C=O) groups is 3. The molecule has 3 N–H and O–H groups in total. The maximum atomic E-state index is 11.6. The van der Waals surface area contributed by atoms with E-state index in [0.29, 0.717) is 6.61 Å². The van der Waals surface area contributed by atoms with Crippen LogP contribution in [0.4, 0.5) is 0 Å². The summed E-state index contributed by atoms with van der Waals surface area (Å²) in [7, 11) is 0. The normalized spacial score (nSPS) is 16.5. The van der Waals surface area contributed by atoms with Gasteiger partial charge in [-0.15, -0.1) is 0 Å². The van der Waals surface area contributed by atoms with Crippen LogP contribution in [0.3, 0.4) is 0 Å². The van der Waals surface area contributed by atoms with E-state index in [1.54, 1.807) is 6.92 Å². The molecule has 102 valence electrons. The molecular formula is C11H18N2O5. The van der Waals surface area contributed by atoms with E-state index in [1.165, 1.54) is 0 Å². The quantitative estimate of drug-likeness (QED) is 0.575. The second-order valence-electron chi connectivity index (χ2n) is 4.27. The molecule has 1 aliphatic heterocycles. The molecule has 1 saturated heterocycles. The maximum absolute atomic E-state index is 11.6. The third-order valence-corrected chi connectivity index (χ3v) is 2.54. The van der Waals surface area contributed by atoms with E-state index < -0.39 is 17.4 Å². The molecule has 1 fully saturated rings. The van der Waals surface area contributed by atoms with Gasteiger partial charge in [0, 0.05) is 6.42 Å². The zero-order valence-electron chi connectivity index (χ0n) is 10.4. The third-order valence-electron chi connectivity index (χ3n) is 2.54. The van der Waals surface area contributed by atoms with Gasteiger partial charge in [-0.2, -0.15) is 0 Å². The van der Waals surface area contributed by atoms with E-state index in [2.05, 4.69) is 5.32 Å². The monoisotopic (exact) mass is 258 g/mol. The Morgan fingerprint density at radius 3 is 2.44 bits per heavy atom. The van der Waals surface area contributed by atoms with Gasteiger partial charge < -0.3 is 20.5 Å². The molecule has 0 aromatic heterocycles. The van der Waals surface area contributed by atoms with Gasteiger partial charge in [-0.1, -0.05) is 0 Å². The number of rotatable bonds is 7. The first-order valence-electron chi connectivity index (χ1n) is 5.80. The van der Waals surface area contributed by atoms with E-state index in [0.717, 1.165) is 0 Å². The Bertz CT molecular complexity index is 338. The number of hydrogen-bond donors (Lipinski definition) is 2. The number of nitrogens with two attached hydrogens (primary N) is 1. The Labute approximate surface area is 105 Å². The van der Waals surface area contributed by atoms with Crippen LogP contribution in [0.15, 0.2) is 0 Å². The highest BCUT2D eigenvalue weighted by molar-refractivity contribution is 5.83. The van der Waals surface area contributed by atoms with Gasteiger partial charge in [0.25, 0.3) is 0 Å². The highest BCUT2D eigenvalue weighted by Crippen LogP contribution is 2.21. The fraction of sp³-hybridized carbons (Fsp3) is 0.727. The number of hydrogen-bond acceptors (Lipinski definition) is 5. The second-order valence-corrected chi connectivity index (χ2v) is 4.27. The number of primary amides is 1. The minimum absolute atomic E-state index is 0.0210. The van der Waals surface area contributed by atoms with Gasteiger partial charge in [0.15, 0.2) is 0 Å². The second kappa shape index (κ2) is 6.34. The standard InChI is InChI=1S/C11H18N2O5/c1-2-18-10(16)4-3-9(15)13-11(5-8(12)14)6-17-7-11/h2-7H2,1H3,(H2,12,14)(H,13,15). The van der Waals surface area contributed by atoms with Crippen LogP contribution in [0.1, 0.15) is 26.2 Å². The molecule has 18 heavy (non-hydrogen) atoms. The molecule has 2 amide bonds. The molecule has 0 radical (unpaired) electrons. The first-order valence-corrected chi connectivity index (χ1v) is 5.80. The zero-order chi connectivity index (χ0) is 13.6. The minimum atomic E-state index is -0.697. The van der Waals surface area contributed by atoms with Crippen molar-refractivity contribution in [2.75, 3.05) is 19.8 Å². The van der Waals surface area contributed by atoms with Crippen LogP contribution in [0.25, 0.3) is 0 Å². The van der Waals surface area contributed by atoms with Crippen molar-refractivity contribution in [2.45, 2.75) is 31.7 Å². The van der Waals surface area contributed by atoms with E-state index in [4.69, 9.17) is 15.2 Å². The summed E-state index contributed by atoms with van der Waals surface area (Å²) in [5, 5.41) is 2.69. The van der Waals surface area contributed by atoms with Crippen LogP contribution in [0.5, 0.6) is 0 Å². The Morgan fingerprint density at radius 1 is 1.33 bits per heavy atom. The molecule has 7 heteroatoms. The first kappa shape index (κ1) is 14.4. The van der Waals surface area contributed by atoms with Gasteiger partial charge in [0.2, 0.25) is 11.8 Å². The largest absolute Gasteiger partial charge is 0.466 e. The summed E-state index contributed by atoms with van der Waals surface area (Å²) in [4.78, 5) is 33.6. The molecule has 0 unspecified atom stereocenters. The topological polar surface area (TPSA) is 108 Å². The molecule has 0 saturated carbocycles. The predicted molar refractivity (Wildman–Crippen MR) is 61.4 cm³/mol. The van der Waals surface area contributed by atoms with E-state index in [-0.39, 0.29) is 38.4 Å². The molecule has 1 heterocycles. The van der Waals surface area contributed by atoms with E-state index in [1.807, 2.05) is 0 Å². The fourth-order valence-electron chi connectivity index (χ4n) is 1.71. The summed E-state index contributed by atoms with van der Waals surface area (Å²) in [5.41, 5.74) is 4.41. The predicted octanol–water partition coefficient (Wildman–Crippen LogP) is -0.910. The highest BCUT2D eigenvalue weighted by atomic mass is 16.5. The van der Waals surface area contributed by atoms with Crippen LogP contribution in [0, 0.1) is 0 Å². The van der Waals surface area contributed by atoms with Gasteiger partial charge in [0.1, 0.15) is 0 Å². The van der Waals surface area contributed by atoms with Gasteiger partial charge in [-0.25, -0.2) is 0 Å². The van der Waals surface area contributed by atoms with E-state index >= 15 is 0 Å². The van der Waals surface area contributed by atoms with Crippen LogP contribution in [-0.4, -0.2) is 43.1 Å². The van der Waals surface area contributed by atoms with Crippen LogP contribution in [0.2, 0.25) is 0 Å². The Kier molecular flexibility index (Phi) is 5.08. The molecule has 0 aromatic rings. The highest BCUT2D eigenvalue weighted by Gasteiger charge is 2.41. The molecule has 0 aliphatic carbocycles. The lowest BCUT2D eigenvalue weighted by atomic mass is 9.92. The smallest absolute Gasteiger partial charge is 0.306 e. The van der Waals surface area contributed by atoms with E-state index in [9.17, 15) is 14.4 Å². The molecular weight excluding hydrogens is 240 g/mol. The summed E-state index contributed by atoms with van der Waals surface area (Å²) >= 11 is 0. The summed E-state index contributed by atoms with van der Waals surface area (Å²) in [6.45, 7) is 2.52. The molecule has 1 rings (SSSR count). The Hall–Kier alpha value is -1.63. The summed E-state index contributed by atoms with van der Waals surface area (Å²) < 4.78 is 9.70. The molecule has 7 nitrogen and oxygen atoms in total. The van der Waals surface area contributed by atoms with Gasteiger partial charge in [-0.05, 0) is 6.92 Å². The molecule has 0 atom stereocenters. The lowest BCUT2D eigenvalue weighted by molar-refractivity contribution is -0.146. The Morgan fingerprint density at radius 2 is 2.00 bits per heavy atom. The SMILES string of the molecule is CCOC(=O)CCC(=O)NC1(CC(N)=O)COC1. The van der Waals surface area contributed by atoms with Crippen LogP contribution < -0.4 is 11.1 Å². The Balaban J connectivity index is 2.34. The van der Waals surface area contributed by atoms with Crippen LogP contribution in [-0.2, 0) is 23.9 Å². The van der Waals surface area contributed by atoms with Gasteiger partial charge >= 0.3 is 5.97 Å². The van der Waals surface area contributed by atoms with Crippen molar-refractivity contribution in [3.8, 4) is 0 Å². The van der Waals surface area contributed by atoms with Crippen molar-refractivity contribution in [3.63, 3.8) is 0 Å². The molecule has 0 bridgehead atoms. The van der Waals surface area contributed by atoms with Crippen molar-refractivity contribution < 1.29 is 23.9 Å². The number of esters is 1. The summed E-state index contributed by atoms with van der Waals surface area (Å²) in [6.07, 6.45) is 0.0880. The van der Waals surface area contributed by atoms with Crippen molar-refractivity contribution in [1.82, 2.24) is 5.32 Å². The van der Waals surface area contributed by atoms with Crippen molar-refractivity contribution >= 4 is 17.8 Å². The minimum Gasteiger partial charge on any atom is -0.466 e. The number of amides is 2. The number of ether oxygens (including phenoxy) is 2. The average molecular weight is 258 g/mol. The van der Waals surface area contributed by atoms with Crippen LogP contribution >= 0.6 is 0 Å². The van der Waals surface area contributed by atoms with Crippen molar-refractivity contribution in [3.05, 3.63) is 0 Å². The fourth-order valence-corrected chi connectivity index (χ4v) is 1.71. The van der Waals surface area contributed by atoms with Gasteiger partial charge in [0.05, 0.1) is 38.2 Å². The third kappa shape index (κ3) is 4.33. The zero-order valence-corrected chi connectivity index (χ0v) is 10.4. The summed E-state index contributed by atoms with van der Waals surface area (Å²) in [5.74, 6) is -1.22. The molecule has 0 aromatic carbocycles. The summed E-state index contributed by atoms with van der Waals surface area (Å²) in [6, 6.07) is 0. The number of carbonyl (C=O) groups excluding carboxylic acids is 3. The van der Waals surface area contributed by atoms with Crippen molar-refractivity contribution in [1.29, 1.82) is 0 Å². The van der Waals surface area contributed by atoms with Crippen molar-refractivity contribution in [2.24, 2.45) is 5.73 Å². The molecule has 1 aliphatic rings. The average Bonchev–Trinajstić information content (AvgIpc) is 2.23. The lowest BCUT2D eigenvalue weighted by Gasteiger charge is -2.41. The molecule has 0 spiro atoms. The van der Waals surface area contributed by atoms with Gasteiger partial charge in [-0.3, -0.25) is 14.4 Å². The number of nitrogens with one attached hydrogen (secondary N) is 1.